The first-order valence-electron chi connectivity index (χ1n) is 11.8. The lowest BCUT2D eigenvalue weighted by Crippen LogP contribution is -2.58. The summed E-state index contributed by atoms with van der Waals surface area (Å²) in [5.74, 6) is 2.54. The quantitative estimate of drug-likeness (QED) is 0.540. The number of carbonyl (C=O) groups excluding carboxylic acids is 1. The van der Waals surface area contributed by atoms with E-state index in [1.54, 1.807) is 0 Å². The first-order valence-corrected chi connectivity index (χ1v) is 11.8. The number of allylic oxidation sites excluding steroid dienone is 2. The van der Waals surface area contributed by atoms with E-state index in [0.29, 0.717) is 41.9 Å². The summed E-state index contributed by atoms with van der Waals surface area (Å²) in [7, 11) is 1.46. The Hall–Kier alpha value is -0.870. The molecule has 0 aromatic rings. The molecule has 0 aromatic carbocycles. The fourth-order valence-corrected chi connectivity index (χ4v) is 8.15. The van der Waals surface area contributed by atoms with E-state index in [4.69, 9.17) is 4.74 Å². The summed E-state index contributed by atoms with van der Waals surface area (Å²) in [5, 5.41) is 21.5. The molecule has 164 valence electrons. The molecule has 0 spiro atoms. The van der Waals surface area contributed by atoms with Crippen molar-refractivity contribution in [1.82, 2.24) is 0 Å². The number of aliphatic hydroxyl groups is 2. The summed E-state index contributed by atoms with van der Waals surface area (Å²) in [6, 6.07) is 0. The monoisotopic (exact) mass is 404 g/mol. The van der Waals surface area contributed by atoms with Gasteiger partial charge >= 0.3 is 5.97 Å². The molecule has 0 bridgehead atoms. The minimum absolute atomic E-state index is 0.120. The maximum atomic E-state index is 11.6. The van der Waals surface area contributed by atoms with E-state index in [0.717, 1.165) is 32.1 Å². The minimum Gasteiger partial charge on any atom is -0.469 e. The number of esters is 1. The van der Waals surface area contributed by atoms with Crippen molar-refractivity contribution in [1.29, 1.82) is 0 Å². The molecule has 4 nitrogen and oxygen atoms in total. The average molecular weight is 405 g/mol. The first kappa shape index (κ1) is 21.4. The molecule has 4 rings (SSSR count). The lowest BCUT2D eigenvalue weighted by atomic mass is 9.43. The number of carbonyl (C=O) groups is 1. The Kier molecular flexibility index (Phi) is 5.65. The Labute approximate surface area is 176 Å². The third kappa shape index (κ3) is 3.39. The van der Waals surface area contributed by atoms with Crippen LogP contribution in [0.1, 0.15) is 72.1 Å². The average Bonchev–Trinajstić information content (AvgIpc) is 3.04. The molecule has 0 aromatic heterocycles. The molecule has 0 aliphatic heterocycles. The number of fused-ring (bicyclic) bond motifs is 5. The third-order valence-electron chi connectivity index (χ3n) is 9.89. The SMILES string of the molecule is COC(=O)CC[C@@H](C)[C@H]1C=C[C@H]2[C@@H]3[C@@H](O)C[C@@H]4C[C@H](O)CC[C@]4(C)[C@H]3CC[C@]12C. The molecule has 3 saturated carbocycles. The van der Waals surface area contributed by atoms with Crippen LogP contribution in [0.4, 0.5) is 0 Å². The van der Waals surface area contributed by atoms with Gasteiger partial charge in [-0.15, -0.1) is 0 Å². The van der Waals surface area contributed by atoms with Gasteiger partial charge in [-0.2, -0.15) is 0 Å². The number of methoxy groups -OCH3 is 1. The number of aliphatic hydroxyl groups excluding tert-OH is 2. The molecule has 0 radical (unpaired) electrons. The van der Waals surface area contributed by atoms with Crippen LogP contribution >= 0.6 is 0 Å². The van der Waals surface area contributed by atoms with E-state index >= 15 is 0 Å². The molecule has 4 heteroatoms. The maximum Gasteiger partial charge on any atom is 0.305 e. The van der Waals surface area contributed by atoms with Crippen LogP contribution in [-0.2, 0) is 9.53 Å². The summed E-state index contributed by atoms with van der Waals surface area (Å²) >= 11 is 0. The Morgan fingerprint density at radius 3 is 2.59 bits per heavy atom. The van der Waals surface area contributed by atoms with Crippen molar-refractivity contribution in [3.63, 3.8) is 0 Å². The summed E-state index contributed by atoms with van der Waals surface area (Å²) in [6.07, 6.45) is 11.8. The van der Waals surface area contributed by atoms with E-state index in [1.165, 1.54) is 20.0 Å². The number of hydrogen-bond donors (Lipinski definition) is 2. The Morgan fingerprint density at radius 2 is 1.86 bits per heavy atom. The van der Waals surface area contributed by atoms with Crippen LogP contribution in [0.2, 0.25) is 0 Å². The van der Waals surface area contributed by atoms with E-state index in [-0.39, 0.29) is 29.0 Å². The van der Waals surface area contributed by atoms with Gasteiger partial charge < -0.3 is 14.9 Å². The highest BCUT2D eigenvalue weighted by Gasteiger charge is 2.61. The second-order valence-corrected chi connectivity index (χ2v) is 11.2. The molecular formula is C25H40O4. The topological polar surface area (TPSA) is 66.8 Å². The molecule has 0 amide bonds. The van der Waals surface area contributed by atoms with Crippen molar-refractivity contribution in [2.24, 2.45) is 46.3 Å². The van der Waals surface area contributed by atoms with E-state index in [1.807, 2.05) is 0 Å². The van der Waals surface area contributed by atoms with Crippen molar-refractivity contribution in [3.8, 4) is 0 Å². The highest BCUT2D eigenvalue weighted by molar-refractivity contribution is 5.69. The van der Waals surface area contributed by atoms with Gasteiger partial charge in [0.05, 0.1) is 19.3 Å². The number of ether oxygens (including phenoxy) is 1. The number of hydrogen-bond acceptors (Lipinski definition) is 4. The Morgan fingerprint density at radius 1 is 1.14 bits per heavy atom. The highest BCUT2D eigenvalue weighted by Crippen LogP contribution is 2.66. The van der Waals surface area contributed by atoms with Gasteiger partial charge in [-0.3, -0.25) is 4.79 Å². The van der Waals surface area contributed by atoms with E-state index in [2.05, 4.69) is 32.9 Å². The zero-order valence-electron chi connectivity index (χ0n) is 18.6. The predicted molar refractivity (Wildman–Crippen MR) is 113 cm³/mol. The Balaban J connectivity index is 1.54. The van der Waals surface area contributed by atoms with Gasteiger partial charge in [0, 0.05) is 6.42 Å². The van der Waals surface area contributed by atoms with Crippen LogP contribution in [-0.4, -0.2) is 35.5 Å². The van der Waals surface area contributed by atoms with Crippen LogP contribution in [0.25, 0.3) is 0 Å². The van der Waals surface area contributed by atoms with Crippen molar-refractivity contribution < 1.29 is 19.7 Å². The van der Waals surface area contributed by atoms with Gasteiger partial charge in [0.2, 0.25) is 0 Å². The molecule has 29 heavy (non-hydrogen) atoms. The predicted octanol–water partition coefficient (Wildman–Crippen LogP) is 4.34. The minimum atomic E-state index is -0.262. The van der Waals surface area contributed by atoms with Crippen LogP contribution in [0.5, 0.6) is 0 Å². The number of rotatable bonds is 4. The lowest BCUT2D eigenvalue weighted by Gasteiger charge is -2.62. The van der Waals surface area contributed by atoms with Crippen LogP contribution < -0.4 is 0 Å². The van der Waals surface area contributed by atoms with Crippen molar-refractivity contribution in [2.75, 3.05) is 7.11 Å². The van der Waals surface area contributed by atoms with Gasteiger partial charge in [0.25, 0.3) is 0 Å². The largest absolute Gasteiger partial charge is 0.469 e. The van der Waals surface area contributed by atoms with Crippen molar-refractivity contribution >= 4 is 5.97 Å². The zero-order chi connectivity index (χ0) is 21.0. The van der Waals surface area contributed by atoms with Gasteiger partial charge in [0.1, 0.15) is 0 Å². The van der Waals surface area contributed by atoms with Crippen LogP contribution in [0.3, 0.4) is 0 Å². The fourth-order valence-electron chi connectivity index (χ4n) is 8.15. The molecule has 0 unspecified atom stereocenters. The molecule has 0 heterocycles. The molecule has 3 fully saturated rings. The van der Waals surface area contributed by atoms with Gasteiger partial charge in [-0.25, -0.2) is 0 Å². The van der Waals surface area contributed by atoms with Gasteiger partial charge in [-0.05, 0) is 91.3 Å². The second kappa shape index (κ2) is 7.67. The Bertz CT molecular complexity index is 659. The fraction of sp³-hybridized carbons (Fsp3) is 0.880. The molecule has 2 N–H and O–H groups in total. The lowest BCUT2D eigenvalue weighted by molar-refractivity contribution is -0.169. The molecule has 4 aliphatic carbocycles. The molecular weight excluding hydrogens is 364 g/mol. The zero-order valence-corrected chi connectivity index (χ0v) is 18.6. The standard InChI is InChI=1S/C25H40O4/c1-15(5-8-22(28)29-4)18-6-7-19-23-20(10-12-25(18,19)3)24(2)11-9-17(26)13-16(24)14-21(23)27/h6-7,15-21,23,26-27H,5,8-14H2,1-4H3/t15-,16+,17-,18-,19+,20+,21+,23+,24+,25-/m1/s1. The van der Waals surface area contributed by atoms with Crippen LogP contribution in [0, 0.1) is 46.3 Å². The normalized spacial score (nSPS) is 49.7. The van der Waals surface area contributed by atoms with Crippen molar-refractivity contribution in [2.45, 2.75) is 84.3 Å². The third-order valence-corrected chi connectivity index (χ3v) is 9.89. The molecule has 0 saturated heterocycles. The summed E-state index contributed by atoms with van der Waals surface area (Å²) in [5.41, 5.74) is 0.432. The van der Waals surface area contributed by atoms with Gasteiger partial charge in [0.15, 0.2) is 0 Å². The second-order valence-electron chi connectivity index (χ2n) is 11.2. The molecule has 4 aliphatic rings. The smallest absolute Gasteiger partial charge is 0.305 e. The van der Waals surface area contributed by atoms with Crippen molar-refractivity contribution in [3.05, 3.63) is 12.2 Å². The summed E-state index contributed by atoms with van der Waals surface area (Å²) in [6.45, 7) is 7.15. The summed E-state index contributed by atoms with van der Waals surface area (Å²) < 4.78 is 4.84. The summed E-state index contributed by atoms with van der Waals surface area (Å²) in [4.78, 5) is 11.6. The van der Waals surface area contributed by atoms with Gasteiger partial charge in [-0.1, -0.05) is 32.9 Å². The molecule has 10 atom stereocenters. The van der Waals surface area contributed by atoms with E-state index < -0.39 is 0 Å². The van der Waals surface area contributed by atoms with Crippen LogP contribution in [0.15, 0.2) is 12.2 Å². The first-order chi connectivity index (χ1) is 13.7. The highest BCUT2D eigenvalue weighted by atomic mass is 16.5. The van der Waals surface area contributed by atoms with E-state index in [9.17, 15) is 15.0 Å². The maximum absolute atomic E-state index is 11.6.